The van der Waals surface area contributed by atoms with Gasteiger partial charge in [-0.15, -0.1) is 0 Å². The van der Waals surface area contributed by atoms with Crippen LogP contribution in [0.25, 0.3) is 5.57 Å². The molecule has 0 saturated heterocycles. The summed E-state index contributed by atoms with van der Waals surface area (Å²) in [6.45, 7) is 2.18. The number of alkyl halides is 1. The molecule has 2 nitrogen and oxygen atoms in total. The number of hydrogen-bond donors (Lipinski definition) is 0. The number of ether oxygens (including phenoxy) is 1. The van der Waals surface area contributed by atoms with E-state index in [2.05, 4.69) is 52.3 Å². The first-order valence-electron chi connectivity index (χ1n) is 9.18. The van der Waals surface area contributed by atoms with Crippen LogP contribution in [0, 0.1) is 0 Å². The minimum atomic E-state index is -0.513. The molecule has 0 aromatic heterocycles. The van der Waals surface area contributed by atoms with Gasteiger partial charge in [0.2, 0.25) is 0 Å². The van der Waals surface area contributed by atoms with E-state index in [1.807, 2.05) is 61.5 Å². The minimum absolute atomic E-state index is 0.259. The van der Waals surface area contributed by atoms with Gasteiger partial charge < -0.3 is 4.74 Å². The molecule has 3 aromatic rings. The molecule has 0 fully saturated rings. The van der Waals surface area contributed by atoms with Crippen molar-refractivity contribution in [3.8, 4) is 0 Å². The topological polar surface area (TPSA) is 26.3 Å². The molecule has 28 heavy (non-hydrogen) atoms. The van der Waals surface area contributed by atoms with Crippen LogP contribution in [-0.2, 0) is 9.53 Å². The van der Waals surface area contributed by atoms with Gasteiger partial charge in [-0.1, -0.05) is 116 Å². The predicted octanol–water partition coefficient (Wildman–Crippen LogP) is 5.78. The molecular weight excluding hydrogens is 431 g/mol. The first-order chi connectivity index (χ1) is 13.7. The molecule has 0 aliphatic carbocycles. The fraction of sp³-hybridized carbons (Fsp3) is 0.125. The molecular formula is C24H22BrO2P. The van der Waals surface area contributed by atoms with E-state index in [-0.39, 0.29) is 5.97 Å². The van der Waals surface area contributed by atoms with Gasteiger partial charge in [-0.3, -0.25) is 4.79 Å². The van der Waals surface area contributed by atoms with Crippen molar-refractivity contribution in [2.75, 3.05) is 6.61 Å². The Kier molecular flexibility index (Phi) is 7.59. The quantitative estimate of drug-likeness (QED) is 0.258. The van der Waals surface area contributed by atoms with Gasteiger partial charge in [0.25, 0.3) is 0 Å². The molecule has 142 valence electrons. The first-order valence-corrected chi connectivity index (χ1v) is 11.1. The van der Waals surface area contributed by atoms with Gasteiger partial charge in [0, 0.05) is 0 Å². The van der Waals surface area contributed by atoms with E-state index in [1.54, 1.807) is 0 Å². The zero-order valence-electron chi connectivity index (χ0n) is 15.6. The summed E-state index contributed by atoms with van der Waals surface area (Å²) in [6.07, 6.45) is 0. The number of rotatable bonds is 7. The number of esters is 1. The molecule has 0 N–H and O–H groups in total. The molecule has 3 rings (SSSR count). The standard InChI is InChI=1S/C24H22BrO2P/c1-2-27-24(26)22(25)23(28-20-16-10-5-11-17-20)21(18-12-6-3-7-13-18)19-14-8-4-9-15-19/h3-17,22,28H,2H2,1H3. The van der Waals surface area contributed by atoms with Crippen LogP contribution in [0.15, 0.2) is 96.3 Å². The van der Waals surface area contributed by atoms with Crippen LogP contribution < -0.4 is 5.30 Å². The van der Waals surface area contributed by atoms with Crippen LogP contribution in [0.1, 0.15) is 18.1 Å². The Morgan fingerprint density at radius 3 is 1.79 bits per heavy atom. The fourth-order valence-corrected chi connectivity index (χ4v) is 4.98. The third-order valence-electron chi connectivity index (χ3n) is 4.19. The molecule has 2 unspecified atom stereocenters. The van der Waals surface area contributed by atoms with Gasteiger partial charge >= 0.3 is 5.97 Å². The number of carbonyl (C=O) groups is 1. The monoisotopic (exact) mass is 452 g/mol. The van der Waals surface area contributed by atoms with Crippen molar-refractivity contribution in [1.29, 1.82) is 0 Å². The second-order valence-corrected chi connectivity index (χ2v) is 8.41. The Hall–Kier alpha value is -2.22. The second kappa shape index (κ2) is 10.4. The highest BCUT2D eigenvalue weighted by molar-refractivity contribution is 9.10. The maximum Gasteiger partial charge on any atom is 0.324 e. The number of carbonyl (C=O) groups excluding carboxylic acids is 1. The molecule has 0 heterocycles. The van der Waals surface area contributed by atoms with E-state index in [4.69, 9.17) is 4.74 Å². The maximum atomic E-state index is 12.6. The van der Waals surface area contributed by atoms with Crippen molar-refractivity contribution in [2.24, 2.45) is 0 Å². The molecule has 3 aromatic carbocycles. The van der Waals surface area contributed by atoms with Crippen LogP contribution in [0.4, 0.5) is 0 Å². The molecule has 0 bridgehead atoms. The van der Waals surface area contributed by atoms with E-state index >= 15 is 0 Å². The van der Waals surface area contributed by atoms with Gasteiger partial charge in [-0.05, 0) is 34.2 Å². The average molecular weight is 453 g/mol. The highest BCUT2D eigenvalue weighted by Gasteiger charge is 2.26. The summed E-state index contributed by atoms with van der Waals surface area (Å²) in [5, 5.41) is 2.19. The predicted molar refractivity (Wildman–Crippen MR) is 123 cm³/mol. The average Bonchev–Trinajstić information content (AvgIpc) is 2.75. The molecule has 4 heteroatoms. The molecule has 0 amide bonds. The molecule has 0 aliphatic heterocycles. The first kappa shape index (κ1) is 20.5. The van der Waals surface area contributed by atoms with Gasteiger partial charge in [0.1, 0.15) is 4.83 Å². The highest BCUT2D eigenvalue weighted by atomic mass is 79.9. The lowest BCUT2D eigenvalue weighted by Gasteiger charge is -2.20. The lowest BCUT2D eigenvalue weighted by Crippen LogP contribution is -2.20. The molecule has 0 saturated carbocycles. The van der Waals surface area contributed by atoms with E-state index in [9.17, 15) is 4.79 Å². The molecule has 0 aliphatic rings. The van der Waals surface area contributed by atoms with Gasteiger partial charge in [0.05, 0.1) is 6.61 Å². The molecule has 0 spiro atoms. The van der Waals surface area contributed by atoms with Crippen LogP contribution >= 0.6 is 24.5 Å². The lowest BCUT2D eigenvalue weighted by molar-refractivity contribution is -0.141. The number of halogens is 1. The van der Waals surface area contributed by atoms with Crippen molar-refractivity contribution < 1.29 is 9.53 Å². The summed E-state index contributed by atoms with van der Waals surface area (Å²) < 4.78 is 5.33. The van der Waals surface area contributed by atoms with Crippen molar-refractivity contribution in [1.82, 2.24) is 0 Å². The third-order valence-corrected chi connectivity index (χ3v) is 6.88. The van der Waals surface area contributed by atoms with Crippen molar-refractivity contribution >= 4 is 41.4 Å². The van der Waals surface area contributed by atoms with Crippen molar-refractivity contribution in [3.05, 3.63) is 107 Å². The lowest BCUT2D eigenvalue weighted by atomic mass is 9.96. The van der Waals surface area contributed by atoms with E-state index in [1.165, 1.54) is 5.30 Å². The van der Waals surface area contributed by atoms with Crippen LogP contribution in [-0.4, -0.2) is 17.4 Å². The second-order valence-electron chi connectivity index (χ2n) is 6.13. The minimum Gasteiger partial charge on any atom is -0.465 e. The summed E-state index contributed by atoms with van der Waals surface area (Å²) in [6, 6.07) is 30.7. The van der Waals surface area contributed by atoms with Crippen LogP contribution in [0.2, 0.25) is 0 Å². The van der Waals surface area contributed by atoms with Crippen molar-refractivity contribution in [2.45, 2.75) is 11.8 Å². The summed E-state index contributed by atoms with van der Waals surface area (Å²) in [5.41, 5.74) is 3.24. The van der Waals surface area contributed by atoms with Gasteiger partial charge in [-0.25, -0.2) is 0 Å². The van der Waals surface area contributed by atoms with E-state index in [0.717, 1.165) is 22.0 Å². The SMILES string of the molecule is CCOC(=O)C(Br)C(Pc1ccccc1)=C(c1ccccc1)c1ccccc1. The Balaban J connectivity index is 2.21. The third kappa shape index (κ3) is 5.19. The zero-order chi connectivity index (χ0) is 19.8. The zero-order valence-corrected chi connectivity index (χ0v) is 18.2. The van der Waals surface area contributed by atoms with Crippen molar-refractivity contribution in [3.63, 3.8) is 0 Å². The Morgan fingerprint density at radius 2 is 1.32 bits per heavy atom. The van der Waals surface area contributed by atoms with Gasteiger partial charge in [0.15, 0.2) is 0 Å². The normalized spacial score (nSPS) is 11.9. The fourth-order valence-electron chi connectivity index (χ4n) is 2.95. The Bertz CT molecular complexity index is 883. The largest absolute Gasteiger partial charge is 0.465 e. The Morgan fingerprint density at radius 1 is 0.857 bits per heavy atom. The number of benzene rings is 3. The highest BCUT2D eigenvalue weighted by Crippen LogP contribution is 2.40. The molecule has 2 atom stereocenters. The van der Waals surface area contributed by atoms with Gasteiger partial charge in [-0.2, -0.15) is 0 Å². The van der Waals surface area contributed by atoms with Crippen LogP contribution in [0.3, 0.4) is 0 Å². The summed E-state index contributed by atoms with van der Waals surface area (Å²) in [7, 11) is 0.336. The van der Waals surface area contributed by atoms with E-state index in [0.29, 0.717) is 15.2 Å². The maximum absolute atomic E-state index is 12.6. The summed E-state index contributed by atoms with van der Waals surface area (Å²) in [4.78, 5) is 12.1. The van der Waals surface area contributed by atoms with E-state index < -0.39 is 4.83 Å². The summed E-state index contributed by atoms with van der Waals surface area (Å²) >= 11 is 3.64. The van der Waals surface area contributed by atoms with Crippen LogP contribution in [0.5, 0.6) is 0 Å². The number of hydrogen-bond acceptors (Lipinski definition) is 2. The smallest absolute Gasteiger partial charge is 0.324 e. The molecule has 0 radical (unpaired) electrons. The Labute approximate surface area is 176 Å². The summed E-state index contributed by atoms with van der Waals surface area (Å²) in [5.74, 6) is -0.259.